The molecule has 136 valence electrons. The fraction of sp³-hybridized carbons (Fsp3) is 0.471. The summed E-state index contributed by atoms with van der Waals surface area (Å²) in [7, 11) is 0. The number of anilines is 2. The van der Waals surface area contributed by atoms with E-state index < -0.39 is 6.17 Å². The van der Waals surface area contributed by atoms with Gasteiger partial charge in [-0.05, 0) is 44.0 Å². The fourth-order valence-electron chi connectivity index (χ4n) is 2.24. The van der Waals surface area contributed by atoms with Gasteiger partial charge >= 0.3 is 0 Å². The molecule has 2 unspecified atom stereocenters. The first-order chi connectivity index (χ1) is 11.9. The number of nitrogens with one attached hydrogen (secondary N) is 1. The number of rotatable bonds is 8. The normalized spacial score (nSPS) is 13.3. The van der Waals surface area contributed by atoms with Crippen molar-refractivity contribution in [3.63, 3.8) is 0 Å². The van der Waals surface area contributed by atoms with Crippen LogP contribution >= 0.6 is 0 Å². The van der Waals surface area contributed by atoms with Crippen LogP contribution in [0, 0.1) is 12.7 Å². The van der Waals surface area contributed by atoms with Crippen LogP contribution < -0.4 is 15.8 Å². The molecule has 0 saturated carbocycles. The summed E-state index contributed by atoms with van der Waals surface area (Å²) in [5, 5.41) is 3.12. The van der Waals surface area contributed by atoms with E-state index in [-0.39, 0.29) is 29.6 Å². The highest BCUT2D eigenvalue weighted by Crippen LogP contribution is 2.18. The molecule has 2 aromatic rings. The molecule has 1 aromatic heterocycles. The average Bonchev–Trinajstić information content (AvgIpc) is 2.56. The third kappa shape index (κ3) is 5.51. The lowest BCUT2D eigenvalue weighted by Crippen LogP contribution is -2.23. The van der Waals surface area contributed by atoms with Crippen LogP contribution in [0.1, 0.15) is 44.2 Å². The van der Waals surface area contributed by atoms with Gasteiger partial charge in [-0.2, -0.15) is 15.0 Å². The second-order valence-corrected chi connectivity index (χ2v) is 5.79. The average molecular weight is 351 g/mol. The van der Waals surface area contributed by atoms with Gasteiger partial charge in [-0.1, -0.05) is 6.92 Å². The largest absolute Gasteiger partial charge is 0.494 e. The van der Waals surface area contributed by atoms with Crippen molar-refractivity contribution in [1.82, 2.24) is 15.0 Å². The molecule has 0 spiro atoms. The van der Waals surface area contributed by atoms with E-state index in [1.54, 1.807) is 19.1 Å². The van der Waals surface area contributed by atoms with E-state index in [0.29, 0.717) is 24.3 Å². The molecule has 6 nitrogen and oxygen atoms in total. The molecule has 0 bridgehead atoms. The molecule has 1 aromatic carbocycles. The zero-order valence-electron chi connectivity index (χ0n) is 14.6. The molecule has 3 N–H and O–H groups in total. The van der Waals surface area contributed by atoms with Gasteiger partial charge in [0.1, 0.15) is 11.6 Å². The van der Waals surface area contributed by atoms with Gasteiger partial charge < -0.3 is 15.8 Å². The van der Waals surface area contributed by atoms with E-state index in [9.17, 15) is 8.78 Å². The first kappa shape index (κ1) is 18.8. The van der Waals surface area contributed by atoms with Crippen LogP contribution in [0.3, 0.4) is 0 Å². The molecular weight excluding hydrogens is 328 g/mol. The van der Waals surface area contributed by atoms with Crippen LogP contribution in [0.4, 0.5) is 20.7 Å². The van der Waals surface area contributed by atoms with Crippen molar-refractivity contribution in [2.24, 2.45) is 0 Å². The van der Waals surface area contributed by atoms with E-state index in [1.165, 1.54) is 13.0 Å². The molecule has 1 heterocycles. The predicted molar refractivity (Wildman–Crippen MR) is 92.7 cm³/mol. The van der Waals surface area contributed by atoms with Crippen molar-refractivity contribution in [2.45, 2.75) is 45.8 Å². The highest BCUT2D eigenvalue weighted by molar-refractivity contribution is 5.32. The Hall–Kier alpha value is -2.51. The Kier molecular flexibility index (Phi) is 6.44. The molecule has 0 fully saturated rings. The van der Waals surface area contributed by atoms with Crippen molar-refractivity contribution in [1.29, 1.82) is 0 Å². The number of aryl methyl sites for hydroxylation is 1. The summed E-state index contributed by atoms with van der Waals surface area (Å²) < 4.78 is 32.3. The molecule has 2 atom stereocenters. The van der Waals surface area contributed by atoms with Crippen molar-refractivity contribution in [2.75, 3.05) is 17.7 Å². The second-order valence-electron chi connectivity index (χ2n) is 5.79. The topological polar surface area (TPSA) is 86.0 Å². The Balaban J connectivity index is 1.93. The fourth-order valence-corrected chi connectivity index (χ4v) is 2.24. The summed E-state index contributed by atoms with van der Waals surface area (Å²) >= 11 is 0. The minimum Gasteiger partial charge on any atom is -0.494 e. The van der Waals surface area contributed by atoms with Gasteiger partial charge in [0.05, 0.1) is 6.61 Å². The van der Waals surface area contributed by atoms with Gasteiger partial charge in [0.25, 0.3) is 0 Å². The molecule has 0 aliphatic carbocycles. The van der Waals surface area contributed by atoms with Crippen molar-refractivity contribution in [3.8, 4) is 5.75 Å². The number of nitrogens with two attached hydrogens (primary N) is 1. The van der Waals surface area contributed by atoms with Gasteiger partial charge in [-0.15, -0.1) is 0 Å². The Morgan fingerprint density at radius 1 is 1.28 bits per heavy atom. The number of ether oxygens (including phenoxy) is 1. The molecule has 25 heavy (non-hydrogen) atoms. The monoisotopic (exact) mass is 351 g/mol. The highest BCUT2D eigenvalue weighted by Gasteiger charge is 2.14. The Morgan fingerprint density at radius 3 is 2.68 bits per heavy atom. The van der Waals surface area contributed by atoms with Gasteiger partial charge in [0.2, 0.25) is 11.9 Å². The summed E-state index contributed by atoms with van der Waals surface area (Å²) in [5.41, 5.74) is 6.13. The van der Waals surface area contributed by atoms with Crippen LogP contribution in [0.5, 0.6) is 5.75 Å². The predicted octanol–water partition coefficient (Wildman–Crippen LogP) is 3.59. The summed E-state index contributed by atoms with van der Waals surface area (Å²) in [6, 6.07) is 4.66. The van der Waals surface area contributed by atoms with Crippen LogP contribution in [-0.4, -0.2) is 27.6 Å². The molecular formula is C17H23F2N5O. The number of hydrogen-bond donors (Lipinski definition) is 2. The Labute approximate surface area is 145 Å². The smallest absolute Gasteiger partial charge is 0.228 e. The molecule has 0 saturated heterocycles. The minimum absolute atomic E-state index is 0.00268. The lowest BCUT2D eigenvalue weighted by Gasteiger charge is -2.18. The number of benzene rings is 1. The summed E-state index contributed by atoms with van der Waals surface area (Å²) in [5.74, 6) is 0.585. The first-order valence-electron chi connectivity index (χ1n) is 8.20. The number of nitrogen functional groups attached to an aromatic ring is 1. The molecule has 0 aliphatic heterocycles. The molecule has 0 aliphatic rings. The molecule has 8 heteroatoms. The van der Waals surface area contributed by atoms with Crippen molar-refractivity contribution < 1.29 is 13.5 Å². The number of hydrogen-bond acceptors (Lipinski definition) is 6. The highest BCUT2D eigenvalue weighted by atomic mass is 19.1. The number of alkyl halides is 1. The van der Waals surface area contributed by atoms with Crippen LogP contribution in [0.2, 0.25) is 0 Å². The minimum atomic E-state index is -1.32. The standard InChI is InChI=1S/C17H23F2N5O/c1-4-12(7-8-25-13-5-6-14(19)10(2)9-13)21-17-23-15(11(3)18)22-16(20)24-17/h5-6,9,11-12H,4,7-8H2,1-3H3,(H3,20,21,22,23,24). The number of aromatic nitrogens is 3. The SMILES string of the molecule is CCC(CCOc1ccc(F)c(C)c1)Nc1nc(N)nc(C(C)F)n1. The second kappa shape index (κ2) is 8.55. The Bertz CT molecular complexity index is 711. The zero-order chi connectivity index (χ0) is 18.4. The Morgan fingerprint density at radius 2 is 2.04 bits per heavy atom. The molecule has 2 rings (SSSR count). The number of halogens is 2. The van der Waals surface area contributed by atoms with Gasteiger partial charge in [-0.25, -0.2) is 8.78 Å². The third-order valence-electron chi connectivity index (χ3n) is 3.72. The molecule has 0 amide bonds. The van der Waals surface area contributed by atoms with Crippen molar-refractivity contribution in [3.05, 3.63) is 35.4 Å². The third-order valence-corrected chi connectivity index (χ3v) is 3.72. The van der Waals surface area contributed by atoms with Crippen LogP contribution in [0.15, 0.2) is 18.2 Å². The summed E-state index contributed by atoms with van der Waals surface area (Å²) in [4.78, 5) is 11.8. The maximum absolute atomic E-state index is 13.4. The van der Waals surface area contributed by atoms with Crippen LogP contribution in [-0.2, 0) is 0 Å². The van der Waals surface area contributed by atoms with E-state index in [1.807, 2.05) is 6.92 Å². The molecule has 0 radical (unpaired) electrons. The van der Waals surface area contributed by atoms with Gasteiger partial charge in [0, 0.05) is 12.5 Å². The van der Waals surface area contributed by atoms with Gasteiger partial charge in [-0.3, -0.25) is 0 Å². The maximum atomic E-state index is 13.4. The van der Waals surface area contributed by atoms with E-state index in [4.69, 9.17) is 10.5 Å². The lowest BCUT2D eigenvalue weighted by molar-refractivity contribution is 0.299. The summed E-state index contributed by atoms with van der Waals surface area (Å²) in [6.07, 6.45) is 0.132. The first-order valence-corrected chi connectivity index (χ1v) is 8.20. The zero-order valence-corrected chi connectivity index (χ0v) is 14.6. The number of nitrogens with zero attached hydrogens (tertiary/aromatic N) is 3. The van der Waals surface area contributed by atoms with Crippen molar-refractivity contribution >= 4 is 11.9 Å². The lowest BCUT2D eigenvalue weighted by atomic mass is 10.1. The van der Waals surface area contributed by atoms with E-state index in [2.05, 4.69) is 20.3 Å². The quantitative estimate of drug-likeness (QED) is 0.756. The maximum Gasteiger partial charge on any atom is 0.228 e. The van der Waals surface area contributed by atoms with E-state index >= 15 is 0 Å². The summed E-state index contributed by atoms with van der Waals surface area (Å²) in [6.45, 7) is 5.47. The van der Waals surface area contributed by atoms with Crippen LogP contribution in [0.25, 0.3) is 0 Å². The van der Waals surface area contributed by atoms with E-state index in [0.717, 1.165) is 6.42 Å². The van der Waals surface area contributed by atoms with Gasteiger partial charge in [0.15, 0.2) is 12.0 Å².